The highest BCUT2D eigenvalue weighted by Gasteiger charge is 2.04. The highest BCUT2D eigenvalue weighted by Crippen LogP contribution is 2.18. The van der Waals surface area contributed by atoms with Crippen LogP contribution in [0.3, 0.4) is 0 Å². The predicted octanol–water partition coefficient (Wildman–Crippen LogP) is 2.28. The number of benzene rings is 1. The van der Waals surface area contributed by atoms with Gasteiger partial charge in [0.05, 0.1) is 6.54 Å². The maximum atomic E-state index is 12.8. The number of aryl methyl sites for hydroxylation is 1. The number of hydrogen-bond acceptors (Lipinski definition) is 4. The van der Waals surface area contributed by atoms with Crippen LogP contribution in [-0.4, -0.2) is 40.1 Å². The molecule has 24 heavy (non-hydrogen) atoms. The van der Waals surface area contributed by atoms with E-state index in [1.807, 2.05) is 4.57 Å². The average molecular weight is 350 g/mol. The van der Waals surface area contributed by atoms with Crippen molar-refractivity contribution in [1.82, 2.24) is 25.4 Å². The summed E-state index contributed by atoms with van der Waals surface area (Å²) in [5.74, 6) is 2.38. The fraction of sp³-hybridized carbons (Fsp3) is 0.438. The number of halogens is 1. The first-order chi connectivity index (χ1) is 11.7. The van der Waals surface area contributed by atoms with Gasteiger partial charge in [0.2, 0.25) is 0 Å². The number of thioether (sulfide) groups is 1. The van der Waals surface area contributed by atoms with Crippen LogP contribution in [-0.2, 0) is 13.1 Å². The van der Waals surface area contributed by atoms with Gasteiger partial charge in [0.1, 0.15) is 12.1 Å². The Bertz CT molecular complexity index is 640. The normalized spacial score (nSPS) is 11.5. The van der Waals surface area contributed by atoms with Crippen LogP contribution in [0.5, 0.6) is 0 Å². The monoisotopic (exact) mass is 350 g/mol. The van der Waals surface area contributed by atoms with Crippen molar-refractivity contribution in [3.63, 3.8) is 0 Å². The van der Waals surface area contributed by atoms with E-state index in [9.17, 15) is 4.39 Å². The smallest absolute Gasteiger partial charge is 0.191 e. The maximum Gasteiger partial charge on any atom is 0.191 e. The van der Waals surface area contributed by atoms with Crippen molar-refractivity contribution < 1.29 is 4.39 Å². The van der Waals surface area contributed by atoms with E-state index in [2.05, 4.69) is 32.7 Å². The average Bonchev–Trinajstić information content (AvgIpc) is 3.06. The molecule has 6 nitrogen and oxygen atoms in total. The first-order valence-electron chi connectivity index (χ1n) is 7.92. The SMILES string of the molecule is CCn1cnnc1CNC(=NC)NCCCSc1ccc(F)cc1. The molecule has 130 valence electrons. The molecule has 0 unspecified atom stereocenters. The van der Waals surface area contributed by atoms with Crippen LogP contribution >= 0.6 is 11.8 Å². The molecule has 2 rings (SSSR count). The van der Waals surface area contributed by atoms with Crippen LogP contribution in [0.15, 0.2) is 40.5 Å². The third-order valence-electron chi connectivity index (χ3n) is 3.37. The molecule has 0 amide bonds. The molecule has 0 fully saturated rings. The van der Waals surface area contributed by atoms with Gasteiger partial charge in [-0.3, -0.25) is 4.99 Å². The van der Waals surface area contributed by atoms with Crippen molar-refractivity contribution in [3.05, 3.63) is 42.2 Å². The molecule has 2 aromatic rings. The molecular formula is C16H23FN6S. The summed E-state index contributed by atoms with van der Waals surface area (Å²) in [7, 11) is 1.74. The fourth-order valence-electron chi connectivity index (χ4n) is 2.06. The van der Waals surface area contributed by atoms with Gasteiger partial charge in [-0.15, -0.1) is 22.0 Å². The first-order valence-corrected chi connectivity index (χ1v) is 8.91. The van der Waals surface area contributed by atoms with Crippen molar-refractivity contribution in [1.29, 1.82) is 0 Å². The lowest BCUT2D eigenvalue weighted by molar-refractivity contribution is 0.626. The van der Waals surface area contributed by atoms with Gasteiger partial charge in [-0.05, 0) is 43.4 Å². The van der Waals surface area contributed by atoms with E-state index < -0.39 is 0 Å². The molecule has 0 radical (unpaired) electrons. The summed E-state index contributed by atoms with van der Waals surface area (Å²) in [6.07, 6.45) is 2.70. The summed E-state index contributed by atoms with van der Waals surface area (Å²) in [5.41, 5.74) is 0. The molecule has 8 heteroatoms. The van der Waals surface area contributed by atoms with E-state index in [1.165, 1.54) is 12.1 Å². The van der Waals surface area contributed by atoms with Crippen molar-refractivity contribution in [3.8, 4) is 0 Å². The molecular weight excluding hydrogens is 327 g/mol. The van der Waals surface area contributed by atoms with Gasteiger partial charge in [0.25, 0.3) is 0 Å². The number of nitrogens with one attached hydrogen (secondary N) is 2. The van der Waals surface area contributed by atoms with Crippen molar-refractivity contribution >= 4 is 17.7 Å². The van der Waals surface area contributed by atoms with Gasteiger partial charge in [-0.2, -0.15) is 0 Å². The van der Waals surface area contributed by atoms with Gasteiger partial charge >= 0.3 is 0 Å². The fourth-order valence-corrected chi connectivity index (χ4v) is 2.92. The second kappa shape index (κ2) is 9.92. The minimum absolute atomic E-state index is 0.199. The number of hydrogen-bond donors (Lipinski definition) is 2. The first kappa shape index (κ1) is 18.3. The number of guanidine groups is 1. The van der Waals surface area contributed by atoms with Crippen LogP contribution in [0.2, 0.25) is 0 Å². The molecule has 1 aromatic carbocycles. The van der Waals surface area contributed by atoms with Crippen molar-refractivity contribution in [2.75, 3.05) is 19.3 Å². The second-order valence-electron chi connectivity index (χ2n) is 5.04. The third-order valence-corrected chi connectivity index (χ3v) is 4.47. The molecule has 0 bridgehead atoms. The van der Waals surface area contributed by atoms with Crippen LogP contribution in [0.4, 0.5) is 4.39 Å². The van der Waals surface area contributed by atoms with Crippen LogP contribution in [0.1, 0.15) is 19.2 Å². The van der Waals surface area contributed by atoms with E-state index in [0.29, 0.717) is 6.54 Å². The third kappa shape index (κ3) is 5.84. The summed E-state index contributed by atoms with van der Waals surface area (Å²) >= 11 is 1.72. The van der Waals surface area contributed by atoms with Gasteiger partial charge in [0.15, 0.2) is 11.8 Å². The Morgan fingerprint density at radius 3 is 2.79 bits per heavy atom. The van der Waals surface area contributed by atoms with Gasteiger partial charge in [-0.25, -0.2) is 4.39 Å². The van der Waals surface area contributed by atoms with Gasteiger partial charge in [0, 0.05) is 25.0 Å². The van der Waals surface area contributed by atoms with E-state index in [-0.39, 0.29) is 5.82 Å². The molecule has 0 saturated carbocycles. The molecule has 0 atom stereocenters. The highest BCUT2D eigenvalue weighted by molar-refractivity contribution is 7.99. The number of aromatic nitrogens is 3. The maximum absolute atomic E-state index is 12.8. The lowest BCUT2D eigenvalue weighted by atomic mass is 10.4. The molecule has 0 aliphatic rings. The van der Waals surface area contributed by atoms with Gasteiger partial charge < -0.3 is 15.2 Å². The summed E-state index contributed by atoms with van der Waals surface area (Å²) in [4.78, 5) is 5.28. The number of rotatable bonds is 8. The molecule has 0 aliphatic heterocycles. The minimum Gasteiger partial charge on any atom is -0.356 e. The topological polar surface area (TPSA) is 67.1 Å². The Morgan fingerprint density at radius 1 is 1.29 bits per heavy atom. The zero-order valence-corrected chi connectivity index (χ0v) is 14.8. The van der Waals surface area contributed by atoms with Crippen molar-refractivity contribution in [2.45, 2.75) is 31.3 Å². The standard InChI is InChI=1S/C16H23FN6S/c1-3-23-12-21-22-15(23)11-20-16(18-2)19-9-4-10-24-14-7-5-13(17)6-8-14/h5-8,12H,3-4,9-11H2,1-2H3,(H2,18,19,20). The van der Waals surface area contributed by atoms with E-state index in [1.54, 1.807) is 37.3 Å². The highest BCUT2D eigenvalue weighted by atomic mass is 32.2. The lowest BCUT2D eigenvalue weighted by Gasteiger charge is -2.11. The molecule has 1 heterocycles. The lowest BCUT2D eigenvalue weighted by Crippen LogP contribution is -2.38. The zero-order chi connectivity index (χ0) is 17.2. The zero-order valence-electron chi connectivity index (χ0n) is 14.0. The van der Waals surface area contributed by atoms with Crippen molar-refractivity contribution in [2.24, 2.45) is 4.99 Å². The Balaban J connectivity index is 1.64. The number of nitrogens with zero attached hydrogens (tertiary/aromatic N) is 4. The summed E-state index contributed by atoms with van der Waals surface area (Å²) in [6, 6.07) is 6.58. The quantitative estimate of drug-likeness (QED) is 0.331. The number of aliphatic imine (C=N–C) groups is 1. The van der Waals surface area contributed by atoms with E-state index in [4.69, 9.17) is 0 Å². The second-order valence-corrected chi connectivity index (χ2v) is 6.21. The van der Waals surface area contributed by atoms with Gasteiger partial charge in [-0.1, -0.05) is 0 Å². The summed E-state index contributed by atoms with van der Waals surface area (Å²) < 4.78 is 14.8. The Labute approximate surface area is 146 Å². The minimum atomic E-state index is -0.199. The van der Waals surface area contributed by atoms with Crippen LogP contribution in [0, 0.1) is 5.82 Å². The molecule has 2 N–H and O–H groups in total. The molecule has 0 spiro atoms. The Hall–Kier alpha value is -2.09. The summed E-state index contributed by atoms with van der Waals surface area (Å²) in [5, 5.41) is 14.5. The van der Waals surface area contributed by atoms with E-state index in [0.717, 1.165) is 41.9 Å². The van der Waals surface area contributed by atoms with E-state index >= 15 is 0 Å². The molecule has 0 saturated heterocycles. The summed E-state index contributed by atoms with van der Waals surface area (Å²) in [6.45, 7) is 4.29. The van der Waals surface area contributed by atoms with Crippen LogP contribution < -0.4 is 10.6 Å². The Kier molecular flexibility index (Phi) is 7.54. The Morgan fingerprint density at radius 2 is 2.08 bits per heavy atom. The van der Waals surface area contributed by atoms with Crippen LogP contribution in [0.25, 0.3) is 0 Å². The molecule has 0 aliphatic carbocycles. The largest absolute Gasteiger partial charge is 0.356 e. The molecule has 1 aromatic heterocycles. The predicted molar refractivity (Wildman–Crippen MR) is 95.6 cm³/mol.